The summed E-state index contributed by atoms with van der Waals surface area (Å²) in [5.41, 5.74) is 0.783. The van der Waals surface area contributed by atoms with E-state index in [0.29, 0.717) is 24.5 Å². The highest BCUT2D eigenvalue weighted by Gasteiger charge is 2.28. The zero-order valence-corrected chi connectivity index (χ0v) is 16.2. The quantitative estimate of drug-likeness (QED) is 0.773. The minimum absolute atomic E-state index is 0.0204. The van der Waals surface area contributed by atoms with Gasteiger partial charge in [0, 0.05) is 25.1 Å². The van der Waals surface area contributed by atoms with Gasteiger partial charge in [-0.15, -0.1) is 0 Å². The second kappa shape index (κ2) is 8.24. The molecule has 0 aliphatic carbocycles. The molecule has 28 heavy (non-hydrogen) atoms. The van der Waals surface area contributed by atoms with E-state index < -0.39 is 18.0 Å². The third kappa shape index (κ3) is 4.05. The van der Waals surface area contributed by atoms with E-state index >= 15 is 0 Å². The minimum atomic E-state index is -1.01. The molecule has 1 aromatic carbocycles. The van der Waals surface area contributed by atoms with Crippen LogP contribution in [0.15, 0.2) is 36.5 Å². The standard InChI is InChI=1S/C20H24N4O4/c1-13(2)24-17(10-11-21-24)22-19(26)14(3)28-20(27)15-7-4-5-8-16(15)23-12-6-9-18(23)25/h4-5,7-8,10-11,13-14H,6,9,12H2,1-3H3,(H,22,26)/t14-/m0/s1. The third-order valence-corrected chi connectivity index (χ3v) is 4.55. The summed E-state index contributed by atoms with van der Waals surface area (Å²) in [4.78, 5) is 38.7. The van der Waals surface area contributed by atoms with Gasteiger partial charge in [-0.1, -0.05) is 12.1 Å². The minimum Gasteiger partial charge on any atom is -0.449 e. The molecule has 1 atom stereocenters. The van der Waals surface area contributed by atoms with Gasteiger partial charge in [-0.05, 0) is 39.3 Å². The summed E-state index contributed by atoms with van der Waals surface area (Å²) in [7, 11) is 0. The summed E-state index contributed by atoms with van der Waals surface area (Å²) in [6.45, 7) is 5.97. The van der Waals surface area contributed by atoms with Crippen LogP contribution in [0.25, 0.3) is 0 Å². The first-order valence-electron chi connectivity index (χ1n) is 9.33. The SMILES string of the molecule is CC(C)n1nccc1NC(=O)[C@H](C)OC(=O)c1ccccc1N1CCCC1=O. The van der Waals surface area contributed by atoms with Crippen molar-refractivity contribution in [2.45, 2.75) is 45.8 Å². The van der Waals surface area contributed by atoms with Crippen LogP contribution in [0.1, 0.15) is 50.0 Å². The maximum atomic E-state index is 12.7. The van der Waals surface area contributed by atoms with Crippen molar-refractivity contribution in [2.75, 3.05) is 16.8 Å². The van der Waals surface area contributed by atoms with Crippen molar-refractivity contribution >= 4 is 29.3 Å². The maximum absolute atomic E-state index is 12.7. The Morgan fingerprint density at radius 3 is 2.61 bits per heavy atom. The van der Waals surface area contributed by atoms with Crippen LogP contribution in [0.2, 0.25) is 0 Å². The molecule has 3 rings (SSSR count). The van der Waals surface area contributed by atoms with Gasteiger partial charge in [0.1, 0.15) is 5.82 Å². The molecule has 8 nitrogen and oxygen atoms in total. The summed E-state index contributed by atoms with van der Waals surface area (Å²) in [6, 6.07) is 8.54. The molecular formula is C20H24N4O4. The zero-order chi connectivity index (χ0) is 20.3. The predicted octanol–water partition coefficient (Wildman–Crippen LogP) is 2.77. The van der Waals surface area contributed by atoms with E-state index in [9.17, 15) is 14.4 Å². The number of rotatable bonds is 6. The number of hydrogen-bond acceptors (Lipinski definition) is 5. The molecule has 2 aromatic rings. The van der Waals surface area contributed by atoms with E-state index in [1.54, 1.807) is 46.1 Å². The van der Waals surface area contributed by atoms with Crippen LogP contribution in [-0.2, 0) is 14.3 Å². The molecule has 1 saturated heterocycles. The van der Waals surface area contributed by atoms with Crippen LogP contribution in [-0.4, -0.2) is 40.2 Å². The van der Waals surface area contributed by atoms with E-state index in [0.717, 1.165) is 6.42 Å². The zero-order valence-electron chi connectivity index (χ0n) is 16.2. The first kappa shape index (κ1) is 19.6. The Labute approximate surface area is 163 Å². The average Bonchev–Trinajstić information content (AvgIpc) is 3.30. The number of nitrogens with one attached hydrogen (secondary N) is 1. The topological polar surface area (TPSA) is 93.5 Å². The lowest BCUT2D eigenvalue weighted by Gasteiger charge is -2.20. The maximum Gasteiger partial charge on any atom is 0.341 e. The molecule has 1 aliphatic heterocycles. The Balaban J connectivity index is 1.70. The fourth-order valence-corrected chi connectivity index (χ4v) is 3.11. The van der Waals surface area contributed by atoms with E-state index in [1.807, 2.05) is 13.8 Å². The summed E-state index contributed by atoms with van der Waals surface area (Å²) < 4.78 is 7.03. The van der Waals surface area contributed by atoms with Crippen molar-refractivity contribution in [1.82, 2.24) is 9.78 Å². The third-order valence-electron chi connectivity index (χ3n) is 4.55. The van der Waals surface area contributed by atoms with Crippen LogP contribution in [0.4, 0.5) is 11.5 Å². The molecule has 2 heterocycles. The van der Waals surface area contributed by atoms with Crippen molar-refractivity contribution in [1.29, 1.82) is 0 Å². The molecule has 8 heteroatoms. The Hall–Kier alpha value is -3.16. The van der Waals surface area contributed by atoms with Crippen molar-refractivity contribution in [3.8, 4) is 0 Å². The molecule has 1 aliphatic rings. The van der Waals surface area contributed by atoms with Gasteiger partial charge >= 0.3 is 5.97 Å². The van der Waals surface area contributed by atoms with Gasteiger partial charge in [0.15, 0.2) is 6.10 Å². The number of ether oxygens (including phenoxy) is 1. The van der Waals surface area contributed by atoms with Gasteiger partial charge in [0.05, 0.1) is 17.4 Å². The van der Waals surface area contributed by atoms with E-state index in [1.165, 1.54) is 6.92 Å². The molecule has 1 aromatic heterocycles. The molecule has 1 N–H and O–H groups in total. The van der Waals surface area contributed by atoms with E-state index in [2.05, 4.69) is 10.4 Å². The molecule has 0 spiro atoms. The number of anilines is 2. The van der Waals surface area contributed by atoms with E-state index in [4.69, 9.17) is 4.74 Å². The molecule has 0 bridgehead atoms. The van der Waals surface area contributed by atoms with Crippen LogP contribution >= 0.6 is 0 Å². The number of aromatic nitrogens is 2. The number of carbonyl (C=O) groups excluding carboxylic acids is 3. The van der Waals surface area contributed by atoms with Crippen LogP contribution in [0.3, 0.4) is 0 Å². The second-order valence-electron chi connectivity index (χ2n) is 6.96. The normalized spacial score (nSPS) is 15.0. The highest BCUT2D eigenvalue weighted by atomic mass is 16.5. The number of esters is 1. The Morgan fingerprint density at radius 1 is 1.18 bits per heavy atom. The second-order valence-corrected chi connectivity index (χ2v) is 6.96. The van der Waals surface area contributed by atoms with Crippen LogP contribution < -0.4 is 10.2 Å². The van der Waals surface area contributed by atoms with Crippen molar-refractivity contribution in [2.24, 2.45) is 0 Å². The fourth-order valence-electron chi connectivity index (χ4n) is 3.11. The van der Waals surface area contributed by atoms with Gasteiger partial charge in [-0.2, -0.15) is 5.10 Å². The monoisotopic (exact) mass is 384 g/mol. The first-order valence-corrected chi connectivity index (χ1v) is 9.33. The highest BCUT2D eigenvalue weighted by molar-refractivity contribution is 6.04. The number of hydrogen-bond donors (Lipinski definition) is 1. The van der Waals surface area contributed by atoms with Crippen molar-refractivity contribution in [3.05, 3.63) is 42.1 Å². The molecule has 2 amide bonds. The molecule has 0 unspecified atom stereocenters. The largest absolute Gasteiger partial charge is 0.449 e. The van der Waals surface area contributed by atoms with Gasteiger partial charge in [-0.3, -0.25) is 9.59 Å². The highest BCUT2D eigenvalue weighted by Crippen LogP contribution is 2.26. The Morgan fingerprint density at radius 2 is 1.93 bits per heavy atom. The fraction of sp³-hybridized carbons (Fsp3) is 0.400. The number of para-hydroxylation sites is 1. The van der Waals surface area contributed by atoms with Gasteiger partial charge < -0.3 is 15.0 Å². The summed E-state index contributed by atoms with van der Waals surface area (Å²) in [6.07, 6.45) is 1.80. The first-order chi connectivity index (χ1) is 13.4. The van der Waals surface area contributed by atoms with Gasteiger partial charge in [0.25, 0.3) is 5.91 Å². The molecule has 0 saturated carbocycles. The molecule has 1 fully saturated rings. The molecule has 0 radical (unpaired) electrons. The lowest BCUT2D eigenvalue weighted by Crippen LogP contribution is -2.32. The van der Waals surface area contributed by atoms with E-state index in [-0.39, 0.29) is 17.5 Å². The molecule has 148 valence electrons. The lowest BCUT2D eigenvalue weighted by molar-refractivity contribution is -0.123. The Bertz CT molecular complexity index is 890. The van der Waals surface area contributed by atoms with Crippen molar-refractivity contribution in [3.63, 3.8) is 0 Å². The summed E-state index contributed by atoms with van der Waals surface area (Å²) in [5, 5.41) is 6.88. The number of amides is 2. The van der Waals surface area contributed by atoms with Crippen molar-refractivity contribution < 1.29 is 19.1 Å². The number of carbonyl (C=O) groups is 3. The number of benzene rings is 1. The van der Waals surface area contributed by atoms with Crippen LogP contribution in [0.5, 0.6) is 0 Å². The van der Waals surface area contributed by atoms with Gasteiger partial charge in [0.2, 0.25) is 5.91 Å². The van der Waals surface area contributed by atoms with Crippen LogP contribution in [0, 0.1) is 0 Å². The smallest absolute Gasteiger partial charge is 0.341 e. The number of nitrogens with zero attached hydrogens (tertiary/aromatic N) is 3. The van der Waals surface area contributed by atoms with Gasteiger partial charge in [-0.25, -0.2) is 9.48 Å². The predicted molar refractivity (Wildman–Crippen MR) is 104 cm³/mol. The Kier molecular flexibility index (Phi) is 5.77. The summed E-state index contributed by atoms with van der Waals surface area (Å²) in [5.74, 6) is -0.584. The summed E-state index contributed by atoms with van der Waals surface area (Å²) >= 11 is 0. The average molecular weight is 384 g/mol. The molecular weight excluding hydrogens is 360 g/mol. The lowest BCUT2D eigenvalue weighted by atomic mass is 10.1.